The Morgan fingerprint density at radius 2 is 2.11 bits per heavy atom. The van der Waals surface area contributed by atoms with Gasteiger partial charge in [0.15, 0.2) is 5.82 Å². The first-order valence-corrected chi connectivity index (χ1v) is 7.04. The lowest BCUT2D eigenvalue weighted by Crippen LogP contribution is -2.10. The first kappa shape index (κ1) is 13.1. The molecule has 1 atom stereocenters. The minimum Gasteiger partial charge on any atom is -0.338 e. The first-order chi connectivity index (χ1) is 8.79. The van der Waals surface area contributed by atoms with Gasteiger partial charge in [0.2, 0.25) is 5.89 Å². The van der Waals surface area contributed by atoms with E-state index < -0.39 is 0 Å². The summed E-state index contributed by atoms with van der Waals surface area (Å²) in [5, 5.41) is 3.95. The van der Waals surface area contributed by atoms with Gasteiger partial charge in [0, 0.05) is 4.90 Å². The third-order valence-corrected chi connectivity index (χ3v) is 3.52. The molecule has 2 aromatic rings. The van der Waals surface area contributed by atoms with Gasteiger partial charge in [0.25, 0.3) is 0 Å². The number of benzene rings is 1. The van der Waals surface area contributed by atoms with E-state index in [1.165, 1.54) is 4.90 Å². The number of hydrogen-bond donors (Lipinski definition) is 1. The summed E-state index contributed by atoms with van der Waals surface area (Å²) in [6, 6.07) is 10.0. The van der Waals surface area contributed by atoms with Gasteiger partial charge in [-0.05, 0) is 18.6 Å². The van der Waals surface area contributed by atoms with Gasteiger partial charge < -0.3 is 10.3 Å². The lowest BCUT2D eigenvalue weighted by atomic mass is 10.2. The highest BCUT2D eigenvalue weighted by Crippen LogP contribution is 2.22. The van der Waals surface area contributed by atoms with Crippen molar-refractivity contribution in [1.82, 2.24) is 10.1 Å². The van der Waals surface area contributed by atoms with E-state index in [4.69, 9.17) is 10.3 Å². The molecular weight excluding hydrogens is 246 g/mol. The monoisotopic (exact) mass is 263 g/mol. The first-order valence-electron chi connectivity index (χ1n) is 6.05. The van der Waals surface area contributed by atoms with Crippen LogP contribution in [0.15, 0.2) is 39.8 Å². The van der Waals surface area contributed by atoms with Crippen molar-refractivity contribution in [1.29, 1.82) is 0 Å². The van der Waals surface area contributed by atoms with Gasteiger partial charge in [-0.1, -0.05) is 36.7 Å². The Hall–Kier alpha value is -1.33. The second kappa shape index (κ2) is 6.56. The second-order valence-corrected chi connectivity index (χ2v) is 5.09. The molecule has 0 aliphatic heterocycles. The van der Waals surface area contributed by atoms with Crippen molar-refractivity contribution >= 4 is 11.8 Å². The summed E-state index contributed by atoms with van der Waals surface area (Å²) >= 11 is 1.69. The zero-order chi connectivity index (χ0) is 12.8. The summed E-state index contributed by atoms with van der Waals surface area (Å²) in [6.07, 6.45) is 1.88. The second-order valence-electron chi connectivity index (χ2n) is 4.05. The molecule has 1 heterocycles. The van der Waals surface area contributed by atoms with E-state index in [1.54, 1.807) is 11.8 Å². The van der Waals surface area contributed by atoms with Crippen LogP contribution in [-0.2, 0) is 5.75 Å². The standard InChI is InChI=1S/C13H17N3OS/c1-2-6-11(14)13-15-12(16-17-13)9-18-10-7-4-3-5-8-10/h3-5,7-8,11H,2,6,9,14H2,1H3. The molecule has 0 amide bonds. The topological polar surface area (TPSA) is 64.9 Å². The molecule has 0 aliphatic carbocycles. The minimum atomic E-state index is -0.141. The largest absolute Gasteiger partial charge is 0.338 e. The van der Waals surface area contributed by atoms with Gasteiger partial charge in [-0.15, -0.1) is 11.8 Å². The molecule has 0 fully saturated rings. The molecule has 1 aromatic carbocycles. The van der Waals surface area contributed by atoms with Crippen molar-refractivity contribution in [2.75, 3.05) is 0 Å². The van der Waals surface area contributed by atoms with Crippen LogP contribution >= 0.6 is 11.8 Å². The van der Waals surface area contributed by atoms with Gasteiger partial charge in [-0.25, -0.2) is 0 Å². The van der Waals surface area contributed by atoms with Crippen molar-refractivity contribution in [2.24, 2.45) is 5.73 Å². The molecule has 0 bridgehead atoms. The average molecular weight is 263 g/mol. The molecular formula is C13H17N3OS. The van der Waals surface area contributed by atoms with Crippen molar-refractivity contribution in [2.45, 2.75) is 36.5 Å². The number of hydrogen-bond acceptors (Lipinski definition) is 5. The maximum atomic E-state index is 5.92. The summed E-state index contributed by atoms with van der Waals surface area (Å²) in [5.74, 6) is 1.94. The summed E-state index contributed by atoms with van der Waals surface area (Å²) < 4.78 is 5.17. The van der Waals surface area contributed by atoms with Crippen LogP contribution in [-0.4, -0.2) is 10.1 Å². The molecule has 1 unspecified atom stereocenters. The smallest absolute Gasteiger partial charge is 0.243 e. The maximum Gasteiger partial charge on any atom is 0.243 e. The summed E-state index contributed by atoms with van der Waals surface area (Å²) in [4.78, 5) is 5.52. The molecule has 5 heteroatoms. The Balaban J connectivity index is 1.91. The average Bonchev–Trinajstić information content (AvgIpc) is 2.87. The molecule has 0 spiro atoms. The van der Waals surface area contributed by atoms with Crippen LogP contribution in [0.1, 0.15) is 37.5 Å². The van der Waals surface area contributed by atoms with Gasteiger partial charge in [0.05, 0.1) is 11.8 Å². The number of rotatable bonds is 6. The molecule has 0 aliphatic rings. The fraction of sp³-hybridized carbons (Fsp3) is 0.385. The molecule has 0 radical (unpaired) electrons. The predicted molar refractivity (Wildman–Crippen MR) is 72.1 cm³/mol. The van der Waals surface area contributed by atoms with Gasteiger partial charge in [-0.2, -0.15) is 4.98 Å². The van der Waals surface area contributed by atoms with Crippen molar-refractivity contribution in [3.8, 4) is 0 Å². The van der Waals surface area contributed by atoms with Crippen molar-refractivity contribution in [3.05, 3.63) is 42.0 Å². The number of nitrogens with two attached hydrogens (primary N) is 1. The Labute approximate surface area is 111 Å². The normalized spacial score (nSPS) is 12.6. The molecule has 0 saturated carbocycles. The molecule has 0 saturated heterocycles. The SMILES string of the molecule is CCCC(N)c1nc(CSc2ccccc2)no1. The van der Waals surface area contributed by atoms with Gasteiger partial charge in [-0.3, -0.25) is 0 Å². The van der Waals surface area contributed by atoms with E-state index in [0.717, 1.165) is 12.8 Å². The number of thioether (sulfide) groups is 1. The number of aromatic nitrogens is 2. The Bertz CT molecular complexity index is 472. The molecule has 1 aromatic heterocycles. The van der Waals surface area contributed by atoms with E-state index in [2.05, 4.69) is 29.2 Å². The predicted octanol–water partition coefficient (Wildman–Crippen LogP) is 3.16. The fourth-order valence-corrected chi connectivity index (χ4v) is 2.34. The minimum absolute atomic E-state index is 0.141. The van der Waals surface area contributed by atoms with E-state index >= 15 is 0 Å². The summed E-state index contributed by atoms with van der Waals surface area (Å²) in [6.45, 7) is 2.09. The lowest BCUT2D eigenvalue weighted by molar-refractivity contribution is 0.345. The van der Waals surface area contributed by atoms with Crippen LogP contribution in [0.4, 0.5) is 0 Å². The molecule has 4 nitrogen and oxygen atoms in total. The highest BCUT2D eigenvalue weighted by atomic mass is 32.2. The Morgan fingerprint density at radius 1 is 1.33 bits per heavy atom. The quantitative estimate of drug-likeness (QED) is 0.811. The van der Waals surface area contributed by atoms with Crippen molar-refractivity contribution < 1.29 is 4.52 Å². The van der Waals surface area contributed by atoms with Crippen LogP contribution in [0.25, 0.3) is 0 Å². The number of nitrogens with zero attached hydrogens (tertiary/aromatic N) is 2. The van der Waals surface area contributed by atoms with Crippen LogP contribution in [0.3, 0.4) is 0 Å². The molecule has 18 heavy (non-hydrogen) atoms. The lowest BCUT2D eigenvalue weighted by Gasteiger charge is -2.02. The molecule has 2 rings (SSSR count). The van der Waals surface area contributed by atoms with Crippen LogP contribution in [0, 0.1) is 0 Å². The summed E-state index contributed by atoms with van der Waals surface area (Å²) in [7, 11) is 0. The van der Waals surface area contributed by atoms with Crippen LogP contribution < -0.4 is 5.73 Å². The maximum absolute atomic E-state index is 5.92. The summed E-state index contributed by atoms with van der Waals surface area (Å²) in [5.41, 5.74) is 5.92. The highest BCUT2D eigenvalue weighted by molar-refractivity contribution is 7.98. The molecule has 2 N–H and O–H groups in total. The van der Waals surface area contributed by atoms with E-state index in [1.807, 2.05) is 18.2 Å². The Morgan fingerprint density at radius 3 is 2.83 bits per heavy atom. The third kappa shape index (κ3) is 3.58. The van der Waals surface area contributed by atoms with Crippen molar-refractivity contribution in [3.63, 3.8) is 0 Å². The van der Waals surface area contributed by atoms with Gasteiger partial charge >= 0.3 is 0 Å². The Kier molecular flexibility index (Phi) is 4.78. The zero-order valence-electron chi connectivity index (χ0n) is 10.4. The fourth-order valence-electron chi connectivity index (χ4n) is 1.58. The van der Waals surface area contributed by atoms with E-state index in [9.17, 15) is 0 Å². The van der Waals surface area contributed by atoms with E-state index in [0.29, 0.717) is 17.5 Å². The third-order valence-electron chi connectivity index (χ3n) is 2.51. The highest BCUT2D eigenvalue weighted by Gasteiger charge is 2.13. The van der Waals surface area contributed by atoms with Crippen LogP contribution in [0.5, 0.6) is 0 Å². The van der Waals surface area contributed by atoms with Gasteiger partial charge in [0.1, 0.15) is 0 Å². The van der Waals surface area contributed by atoms with E-state index in [-0.39, 0.29) is 6.04 Å². The van der Waals surface area contributed by atoms with Crippen LogP contribution in [0.2, 0.25) is 0 Å². The zero-order valence-corrected chi connectivity index (χ0v) is 11.2. The molecule has 96 valence electrons.